The lowest BCUT2D eigenvalue weighted by Gasteiger charge is -2.08. The van der Waals surface area contributed by atoms with Gasteiger partial charge in [-0.1, -0.05) is 24.3 Å². The number of anilines is 2. The Morgan fingerprint density at radius 2 is 1.67 bits per heavy atom. The summed E-state index contributed by atoms with van der Waals surface area (Å²) in [6, 6.07) is 18.2. The molecule has 2 aromatic heterocycles. The molecule has 0 spiro atoms. The number of nitrogens with one attached hydrogen (secondary N) is 2. The molecule has 0 radical (unpaired) electrons. The van der Waals surface area contributed by atoms with Gasteiger partial charge in [-0.15, -0.1) is 0 Å². The summed E-state index contributed by atoms with van der Waals surface area (Å²) in [5, 5.41) is 10.1. The number of rotatable bonds is 8. The molecule has 33 heavy (non-hydrogen) atoms. The number of para-hydroxylation sites is 2. The van der Waals surface area contributed by atoms with Crippen LogP contribution in [-0.4, -0.2) is 26.6 Å². The molecule has 4 N–H and O–H groups in total. The Hall–Kier alpha value is -4.46. The number of hydrogen-bond donors (Lipinski definition) is 3. The predicted molar refractivity (Wildman–Crippen MR) is 126 cm³/mol. The topological polar surface area (TPSA) is 115 Å². The van der Waals surface area contributed by atoms with Gasteiger partial charge in [0.1, 0.15) is 0 Å². The van der Waals surface area contributed by atoms with Crippen molar-refractivity contribution in [2.24, 2.45) is 0 Å². The van der Waals surface area contributed by atoms with Crippen molar-refractivity contribution in [1.82, 2.24) is 20.1 Å². The van der Waals surface area contributed by atoms with Crippen molar-refractivity contribution >= 4 is 23.2 Å². The fourth-order valence-corrected chi connectivity index (χ4v) is 3.29. The third kappa shape index (κ3) is 6.04. The minimum absolute atomic E-state index is 0.0687. The Morgan fingerprint density at radius 3 is 2.42 bits per heavy atom. The fraction of sp³-hybridized carbons (Fsp3) is 0.120. The number of amides is 2. The molecule has 4 rings (SSSR count). The van der Waals surface area contributed by atoms with Gasteiger partial charge in [0.05, 0.1) is 30.5 Å². The van der Waals surface area contributed by atoms with Gasteiger partial charge >= 0.3 is 0 Å². The van der Waals surface area contributed by atoms with Crippen LogP contribution < -0.4 is 16.4 Å². The molecule has 0 aliphatic heterocycles. The van der Waals surface area contributed by atoms with E-state index in [2.05, 4.69) is 20.7 Å². The molecule has 8 nitrogen and oxygen atoms in total. The third-order valence-corrected chi connectivity index (χ3v) is 5.06. The Kier molecular flexibility index (Phi) is 6.75. The average molecular weight is 441 g/mol. The summed E-state index contributed by atoms with van der Waals surface area (Å²) in [6.45, 7) is 0.998. The van der Waals surface area contributed by atoms with Gasteiger partial charge in [-0.3, -0.25) is 19.3 Å². The van der Waals surface area contributed by atoms with Crippen LogP contribution in [0.3, 0.4) is 0 Å². The van der Waals surface area contributed by atoms with Crippen molar-refractivity contribution in [3.05, 3.63) is 108 Å². The van der Waals surface area contributed by atoms with E-state index in [0.29, 0.717) is 30.0 Å². The number of carbonyl (C=O) groups is 2. The van der Waals surface area contributed by atoms with E-state index in [9.17, 15) is 9.59 Å². The highest BCUT2D eigenvalue weighted by atomic mass is 16.2. The van der Waals surface area contributed by atoms with Crippen molar-refractivity contribution < 1.29 is 9.59 Å². The van der Waals surface area contributed by atoms with Gasteiger partial charge in [-0.25, -0.2) is 0 Å². The second-order valence-corrected chi connectivity index (χ2v) is 7.59. The number of aromatic nitrogens is 3. The highest BCUT2D eigenvalue weighted by Crippen LogP contribution is 2.18. The summed E-state index contributed by atoms with van der Waals surface area (Å²) in [6.07, 6.45) is 7.20. The van der Waals surface area contributed by atoms with Gasteiger partial charge in [-0.05, 0) is 53.1 Å². The summed E-state index contributed by atoms with van der Waals surface area (Å²) in [7, 11) is 0. The molecule has 2 amide bonds. The number of nitrogens with two attached hydrogens (primary N) is 1. The van der Waals surface area contributed by atoms with E-state index >= 15 is 0 Å². The van der Waals surface area contributed by atoms with Crippen molar-refractivity contribution in [3.63, 3.8) is 0 Å². The molecule has 0 aliphatic rings. The van der Waals surface area contributed by atoms with Crippen molar-refractivity contribution in [2.45, 2.75) is 19.5 Å². The van der Waals surface area contributed by atoms with Crippen molar-refractivity contribution in [3.8, 4) is 0 Å². The summed E-state index contributed by atoms with van der Waals surface area (Å²) in [5.74, 6) is -0.292. The molecule has 8 heteroatoms. The highest BCUT2D eigenvalue weighted by Gasteiger charge is 2.09. The van der Waals surface area contributed by atoms with E-state index in [1.165, 1.54) is 0 Å². The molecule has 0 fully saturated rings. The molecule has 0 saturated carbocycles. The van der Waals surface area contributed by atoms with E-state index in [-0.39, 0.29) is 18.2 Å². The zero-order chi connectivity index (χ0) is 23.0. The van der Waals surface area contributed by atoms with E-state index in [1.54, 1.807) is 47.5 Å². The zero-order valence-corrected chi connectivity index (χ0v) is 17.9. The van der Waals surface area contributed by atoms with Crippen LogP contribution in [0.15, 0.2) is 85.5 Å². The molecule has 0 atom stereocenters. The maximum atomic E-state index is 12.5. The van der Waals surface area contributed by atoms with Gasteiger partial charge < -0.3 is 16.4 Å². The number of carbonyl (C=O) groups excluding carboxylic acids is 2. The van der Waals surface area contributed by atoms with Crippen LogP contribution in [0.1, 0.15) is 27.0 Å². The lowest BCUT2D eigenvalue weighted by molar-refractivity contribution is -0.120. The summed E-state index contributed by atoms with van der Waals surface area (Å²) < 4.78 is 1.77. The first-order valence-electron chi connectivity index (χ1n) is 10.5. The average Bonchev–Trinajstić information content (AvgIpc) is 3.27. The molecule has 0 unspecified atom stereocenters. The third-order valence-electron chi connectivity index (χ3n) is 5.06. The number of nitrogens with zero attached hydrogens (tertiary/aromatic N) is 3. The van der Waals surface area contributed by atoms with Gasteiger partial charge in [-0.2, -0.15) is 5.10 Å². The van der Waals surface area contributed by atoms with Crippen LogP contribution in [0.4, 0.5) is 11.4 Å². The minimum Gasteiger partial charge on any atom is -0.397 e. The quantitative estimate of drug-likeness (QED) is 0.364. The molecular formula is C25H24N6O2. The maximum Gasteiger partial charge on any atom is 0.255 e. The molecule has 2 aromatic carbocycles. The second-order valence-electron chi connectivity index (χ2n) is 7.59. The largest absolute Gasteiger partial charge is 0.397 e. The Labute approximate surface area is 191 Å². The van der Waals surface area contributed by atoms with Crippen LogP contribution in [0.25, 0.3) is 0 Å². The number of hydrogen-bond acceptors (Lipinski definition) is 5. The molecular weight excluding hydrogens is 416 g/mol. The first-order chi connectivity index (χ1) is 16.1. The number of benzene rings is 2. The normalized spacial score (nSPS) is 10.5. The summed E-state index contributed by atoms with van der Waals surface area (Å²) >= 11 is 0. The van der Waals surface area contributed by atoms with E-state index < -0.39 is 0 Å². The Balaban J connectivity index is 1.29. The molecule has 166 valence electrons. The van der Waals surface area contributed by atoms with Gasteiger partial charge in [0, 0.05) is 30.7 Å². The SMILES string of the molecule is Nc1ccccc1NC(=O)c1ccc(Cn2cc(CC(=O)NCc3ccncc3)cn2)cc1. The minimum atomic E-state index is -0.224. The van der Waals surface area contributed by atoms with Gasteiger partial charge in [0.2, 0.25) is 5.91 Å². The zero-order valence-electron chi connectivity index (χ0n) is 17.9. The van der Waals surface area contributed by atoms with E-state index in [1.807, 2.05) is 42.6 Å². The lowest BCUT2D eigenvalue weighted by Crippen LogP contribution is -2.24. The smallest absolute Gasteiger partial charge is 0.255 e. The monoisotopic (exact) mass is 440 g/mol. The lowest BCUT2D eigenvalue weighted by atomic mass is 10.1. The van der Waals surface area contributed by atoms with E-state index in [4.69, 9.17) is 5.73 Å². The fourth-order valence-electron chi connectivity index (χ4n) is 3.29. The molecule has 4 aromatic rings. The van der Waals surface area contributed by atoms with Crippen molar-refractivity contribution in [2.75, 3.05) is 11.1 Å². The molecule has 0 aliphatic carbocycles. The number of pyridine rings is 1. The maximum absolute atomic E-state index is 12.5. The Morgan fingerprint density at radius 1 is 0.909 bits per heavy atom. The van der Waals surface area contributed by atoms with Crippen LogP contribution >= 0.6 is 0 Å². The molecule has 0 bridgehead atoms. The Bertz CT molecular complexity index is 1240. The summed E-state index contributed by atoms with van der Waals surface area (Å²) in [4.78, 5) is 28.6. The summed E-state index contributed by atoms with van der Waals surface area (Å²) in [5.41, 5.74) is 10.3. The predicted octanol–water partition coefficient (Wildman–Crippen LogP) is 3.02. The van der Waals surface area contributed by atoms with Crippen LogP contribution in [-0.2, 0) is 24.3 Å². The second kappa shape index (κ2) is 10.2. The van der Waals surface area contributed by atoms with Gasteiger partial charge in [0.25, 0.3) is 5.91 Å². The van der Waals surface area contributed by atoms with Crippen LogP contribution in [0, 0.1) is 0 Å². The first kappa shape index (κ1) is 21.8. The first-order valence-corrected chi connectivity index (χ1v) is 10.5. The highest BCUT2D eigenvalue weighted by molar-refractivity contribution is 6.05. The van der Waals surface area contributed by atoms with Crippen molar-refractivity contribution in [1.29, 1.82) is 0 Å². The van der Waals surface area contributed by atoms with Crippen LogP contribution in [0.5, 0.6) is 0 Å². The van der Waals surface area contributed by atoms with E-state index in [0.717, 1.165) is 16.7 Å². The van der Waals surface area contributed by atoms with Crippen LogP contribution in [0.2, 0.25) is 0 Å². The standard InChI is InChI=1S/C25H24N6O2/c26-22-3-1-2-4-23(22)30-25(33)21-7-5-19(6-8-21)16-31-17-20(15-29-31)13-24(32)28-14-18-9-11-27-12-10-18/h1-12,15,17H,13-14,16,26H2,(H,28,32)(H,30,33). The number of nitrogen functional groups attached to an aromatic ring is 1. The molecule has 2 heterocycles. The van der Waals surface area contributed by atoms with Gasteiger partial charge in [0.15, 0.2) is 0 Å². The molecule has 0 saturated heterocycles.